The minimum atomic E-state index is -0.322. The van der Waals surface area contributed by atoms with Crippen molar-refractivity contribution < 1.29 is 9.53 Å². The number of nitrogens with zero attached hydrogens (tertiary/aromatic N) is 2. The first-order valence-electron chi connectivity index (χ1n) is 8.87. The van der Waals surface area contributed by atoms with Crippen LogP contribution in [0.5, 0.6) is 0 Å². The Morgan fingerprint density at radius 1 is 1.12 bits per heavy atom. The van der Waals surface area contributed by atoms with Crippen LogP contribution in [0.2, 0.25) is 0 Å². The van der Waals surface area contributed by atoms with Crippen LogP contribution in [0.1, 0.15) is 36.9 Å². The van der Waals surface area contributed by atoms with Gasteiger partial charge in [-0.25, -0.2) is 4.79 Å². The third-order valence-corrected chi connectivity index (χ3v) is 4.68. The Hall–Kier alpha value is -2.40. The molecule has 0 saturated heterocycles. The van der Waals surface area contributed by atoms with Crippen molar-refractivity contribution in [1.82, 2.24) is 9.88 Å². The highest BCUT2D eigenvalue weighted by Gasteiger charge is 2.32. The van der Waals surface area contributed by atoms with Crippen molar-refractivity contribution >= 4 is 6.09 Å². The van der Waals surface area contributed by atoms with Gasteiger partial charge in [0.2, 0.25) is 0 Å². The fourth-order valence-electron chi connectivity index (χ4n) is 3.31. The van der Waals surface area contributed by atoms with E-state index >= 15 is 0 Å². The molecule has 1 aromatic heterocycles. The zero-order valence-electron chi connectivity index (χ0n) is 14.4. The van der Waals surface area contributed by atoms with Crippen LogP contribution in [0.25, 0.3) is 0 Å². The first-order chi connectivity index (χ1) is 12.2. The molecule has 5 nitrogen and oxygen atoms in total. The lowest BCUT2D eigenvalue weighted by atomic mass is 9.90. The van der Waals surface area contributed by atoms with Crippen LogP contribution in [-0.2, 0) is 17.9 Å². The highest BCUT2D eigenvalue weighted by Crippen LogP contribution is 2.24. The van der Waals surface area contributed by atoms with E-state index in [1.165, 1.54) is 0 Å². The summed E-state index contributed by atoms with van der Waals surface area (Å²) in [6.45, 7) is 0.688. The van der Waals surface area contributed by atoms with E-state index in [0.29, 0.717) is 6.54 Å². The second kappa shape index (κ2) is 8.62. The Morgan fingerprint density at radius 3 is 2.60 bits per heavy atom. The zero-order chi connectivity index (χ0) is 17.5. The summed E-state index contributed by atoms with van der Waals surface area (Å²) in [4.78, 5) is 18.9. The van der Waals surface area contributed by atoms with Crippen LogP contribution in [0, 0.1) is 0 Å². The summed E-state index contributed by atoms with van der Waals surface area (Å²) in [7, 11) is 0. The molecule has 0 aliphatic heterocycles. The van der Waals surface area contributed by atoms with Gasteiger partial charge < -0.3 is 10.5 Å². The SMILES string of the molecule is NC1CCCCC1N(Cc1ccccn1)C(=O)OCc1ccccc1. The molecule has 1 fully saturated rings. The third kappa shape index (κ3) is 4.79. The molecule has 132 valence electrons. The molecular weight excluding hydrogens is 314 g/mol. The van der Waals surface area contributed by atoms with E-state index in [9.17, 15) is 4.79 Å². The average molecular weight is 339 g/mol. The van der Waals surface area contributed by atoms with Crippen molar-refractivity contribution in [3.8, 4) is 0 Å². The molecule has 0 spiro atoms. The van der Waals surface area contributed by atoms with E-state index in [1.807, 2.05) is 48.5 Å². The Balaban J connectivity index is 1.71. The number of rotatable bonds is 5. The number of hydrogen-bond acceptors (Lipinski definition) is 4. The summed E-state index contributed by atoms with van der Waals surface area (Å²) < 4.78 is 5.57. The van der Waals surface area contributed by atoms with Crippen molar-refractivity contribution in [3.63, 3.8) is 0 Å². The first-order valence-corrected chi connectivity index (χ1v) is 8.87. The predicted octanol–water partition coefficient (Wildman–Crippen LogP) is 3.49. The van der Waals surface area contributed by atoms with Crippen LogP contribution in [0.3, 0.4) is 0 Å². The van der Waals surface area contributed by atoms with E-state index in [-0.39, 0.29) is 24.8 Å². The molecule has 0 radical (unpaired) electrons. The number of amides is 1. The Bertz CT molecular complexity index is 663. The van der Waals surface area contributed by atoms with Gasteiger partial charge in [-0.15, -0.1) is 0 Å². The number of hydrogen-bond donors (Lipinski definition) is 1. The topological polar surface area (TPSA) is 68.5 Å². The summed E-state index contributed by atoms with van der Waals surface area (Å²) in [6, 6.07) is 15.4. The maximum absolute atomic E-state index is 12.8. The van der Waals surface area contributed by atoms with Gasteiger partial charge in [0.15, 0.2) is 0 Å². The predicted molar refractivity (Wildman–Crippen MR) is 96.6 cm³/mol. The van der Waals surface area contributed by atoms with Crippen molar-refractivity contribution in [1.29, 1.82) is 0 Å². The van der Waals surface area contributed by atoms with Gasteiger partial charge in [0.05, 0.1) is 18.3 Å². The lowest BCUT2D eigenvalue weighted by Crippen LogP contribution is -2.51. The molecule has 5 heteroatoms. The molecule has 1 aliphatic carbocycles. The summed E-state index contributed by atoms with van der Waals surface area (Å²) in [5.74, 6) is 0. The number of pyridine rings is 1. The smallest absolute Gasteiger partial charge is 0.410 e. The van der Waals surface area contributed by atoms with Crippen LogP contribution >= 0.6 is 0 Å². The molecule has 1 saturated carbocycles. The number of ether oxygens (including phenoxy) is 1. The highest BCUT2D eigenvalue weighted by molar-refractivity contribution is 5.68. The summed E-state index contributed by atoms with van der Waals surface area (Å²) in [5, 5.41) is 0. The number of nitrogens with two attached hydrogens (primary N) is 1. The van der Waals surface area contributed by atoms with Gasteiger partial charge in [-0.3, -0.25) is 9.88 Å². The van der Waals surface area contributed by atoms with Gasteiger partial charge in [-0.1, -0.05) is 49.2 Å². The third-order valence-electron chi connectivity index (χ3n) is 4.68. The standard InChI is InChI=1S/C20H25N3O2/c21-18-11-4-5-12-19(18)23(14-17-10-6-7-13-22-17)20(24)25-15-16-8-2-1-3-9-16/h1-3,6-10,13,18-19H,4-5,11-12,14-15,21H2. The summed E-state index contributed by atoms with van der Waals surface area (Å²) >= 11 is 0. The molecule has 3 rings (SSSR count). The molecule has 1 aliphatic rings. The maximum atomic E-state index is 12.8. The van der Waals surface area contributed by atoms with Crippen molar-refractivity contribution in [3.05, 3.63) is 66.0 Å². The van der Waals surface area contributed by atoms with Gasteiger partial charge in [-0.2, -0.15) is 0 Å². The van der Waals surface area contributed by atoms with Gasteiger partial charge in [-0.05, 0) is 30.5 Å². The van der Waals surface area contributed by atoms with Crippen molar-refractivity contribution in [2.75, 3.05) is 0 Å². The number of carbonyl (C=O) groups excluding carboxylic acids is 1. The van der Waals surface area contributed by atoms with Gasteiger partial charge in [0.25, 0.3) is 0 Å². The molecule has 2 aromatic rings. The Labute approximate surface area is 148 Å². The molecule has 0 bridgehead atoms. The molecule has 1 amide bonds. The Kier molecular flexibility index (Phi) is 6.01. The fourth-order valence-corrected chi connectivity index (χ4v) is 3.31. The summed E-state index contributed by atoms with van der Waals surface area (Å²) in [6.07, 6.45) is 5.47. The molecule has 2 N–H and O–H groups in total. The largest absolute Gasteiger partial charge is 0.445 e. The quantitative estimate of drug-likeness (QED) is 0.905. The monoisotopic (exact) mass is 339 g/mol. The molecule has 2 unspecified atom stereocenters. The van der Waals surface area contributed by atoms with Gasteiger partial charge in [0.1, 0.15) is 6.61 Å². The lowest BCUT2D eigenvalue weighted by Gasteiger charge is -2.37. The molecule has 2 atom stereocenters. The van der Waals surface area contributed by atoms with E-state index in [2.05, 4.69) is 4.98 Å². The minimum absolute atomic E-state index is 0.000899. The van der Waals surface area contributed by atoms with Crippen molar-refractivity contribution in [2.45, 2.75) is 50.9 Å². The zero-order valence-corrected chi connectivity index (χ0v) is 14.4. The molecule has 1 heterocycles. The highest BCUT2D eigenvalue weighted by atomic mass is 16.6. The van der Waals surface area contributed by atoms with Crippen LogP contribution in [0.15, 0.2) is 54.7 Å². The Morgan fingerprint density at radius 2 is 1.88 bits per heavy atom. The molecular formula is C20H25N3O2. The second-order valence-corrected chi connectivity index (χ2v) is 6.50. The van der Waals surface area contributed by atoms with E-state index in [0.717, 1.165) is 36.9 Å². The second-order valence-electron chi connectivity index (χ2n) is 6.50. The van der Waals surface area contributed by atoms with E-state index < -0.39 is 0 Å². The van der Waals surface area contributed by atoms with E-state index in [4.69, 9.17) is 10.5 Å². The van der Waals surface area contributed by atoms with Gasteiger partial charge >= 0.3 is 6.09 Å². The average Bonchev–Trinajstić information content (AvgIpc) is 2.66. The number of carbonyl (C=O) groups is 1. The normalized spacial score (nSPS) is 20.0. The number of aromatic nitrogens is 1. The van der Waals surface area contributed by atoms with Crippen LogP contribution in [0.4, 0.5) is 4.79 Å². The maximum Gasteiger partial charge on any atom is 0.410 e. The summed E-state index contributed by atoms with van der Waals surface area (Å²) in [5.41, 5.74) is 8.13. The van der Waals surface area contributed by atoms with E-state index in [1.54, 1.807) is 11.1 Å². The number of benzene rings is 1. The lowest BCUT2D eigenvalue weighted by molar-refractivity contribution is 0.0624. The fraction of sp³-hybridized carbons (Fsp3) is 0.400. The van der Waals surface area contributed by atoms with Crippen LogP contribution < -0.4 is 5.73 Å². The minimum Gasteiger partial charge on any atom is -0.445 e. The first kappa shape index (κ1) is 17.4. The van der Waals surface area contributed by atoms with Crippen LogP contribution in [-0.4, -0.2) is 28.1 Å². The molecule has 25 heavy (non-hydrogen) atoms. The van der Waals surface area contributed by atoms with Crippen molar-refractivity contribution in [2.24, 2.45) is 5.73 Å². The van der Waals surface area contributed by atoms with Gasteiger partial charge in [0, 0.05) is 12.2 Å². The molecule has 1 aromatic carbocycles.